The second-order valence-corrected chi connectivity index (χ2v) is 6.09. The Morgan fingerprint density at radius 2 is 2.19 bits per heavy atom. The maximum atomic E-state index is 12.6. The van der Waals surface area contributed by atoms with E-state index in [1.54, 1.807) is 16.2 Å². The predicted molar refractivity (Wildman–Crippen MR) is 86.0 cm³/mol. The van der Waals surface area contributed by atoms with Crippen LogP contribution in [0.5, 0.6) is 0 Å². The van der Waals surface area contributed by atoms with Crippen LogP contribution in [0.4, 0.5) is 0 Å². The Bertz CT molecular complexity index is 602. The van der Waals surface area contributed by atoms with Crippen molar-refractivity contribution < 1.29 is 9.90 Å². The average Bonchev–Trinajstić information content (AvgIpc) is 3.07. The molecule has 0 aromatic carbocycles. The van der Waals surface area contributed by atoms with Crippen molar-refractivity contribution in [1.82, 2.24) is 9.47 Å². The second-order valence-electron chi connectivity index (χ2n) is 5.06. The van der Waals surface area contributed by atoms with Crippen LogP contribution in [-0.2, 0) is 6.54 Å². The number of nitrogens with zero attached hydrogens (tertiary/aromatic N) is 2. The quantitative estimate of drug-likeness (QED) is 0.892. The van der Waals surface area contributed by atoms with Gasteiger partial charge in [0.1, 0.15) is 0 Å². The van der Waals surface area contributed by atoms with Gasteiger partial charge in [-0.05, 0) is 38.3 Å². The molecule has 0 saturated heterocycles. The van der Waals surface area contributed by atoms with E-state index in [0.29, 0.717) is 13.1 Å². The molecule has 0 aliphatic heterocycles. The van der Waals surface area contributed by atoms with Crippen LogP contribution in [0.3, 0.4) is 0 Å². The number of hydrogen-bond donors (Lipinski definition) is 1. The molecular weight excluding hydrogens is 284 g/mol. The Balaban J connectivity index is 2.27. The molecule has 0 fully saturated rings. The highest BCUT2D eigenvalue weighted by Crippen LogP contribution is 2.20. The first-order chi connectivity index (χ1) is 10.1. The second kappa shape index (κ2) is 6.91. The minimum Gasteiger partial charge on any atom is -0.395 e. The average molecular weight is 306 g/mol. The number of carbonyl (C=O) groups is 1. The summed E-state index contributed by atoms with van der Waals surface area (Å²) in [5.74, 6) is -0.00270. The Morgan fingerprint density at radius 1 is 1.43 bits per heavy atom. The fraction of sp³-hybridized carbons (Fsp3) is 0.438. The van der Waals surface area contributed by atoms with Crippen LogP contribution in [0.2, 0.25) is 0 Å². The molecule has 0 aliphatic carbocycles. The number of amides is 1. The maximum Gasteiger partial charge on any atom is 0.255 e. The summed E-state index contributed by atoms with van der Waals surface area (Å²) in [6, 6.07) is 6.10. The molecule has 2 rings (SSSR count). The van der Waals surface area contributed by atoms with Crippen molar-refractivity contribution in [3.63, 3.8) is 0 Å². The van der Waals surface area contributed by atoms with Gasteiger partial charge in [-0.1, -0.05) is 6.07 Å². The number of hydrogen-bond acceptors (Lipinski definition) is 3. The lowest BCUT2D eigenvalue weighted by Crippen LogP contribution is -2.33. The van der Waals surface area contributed by atoms with Gasteiger partial charge in [-0.15, -0.1) is 11.3 Å². The molecule has 21 heavy (non-hydrogen) atoms. The van der Waals surface area contributed by atoms with Crippen molar-refractivity contribution in [2.75, 3.05) is 19.7 Å². The van der Waals surface area contributed by atoms with Crippen molar-refractivity contribution in [1.29, 1.82) is 0 Å². The highest BCUT2D eigenvalue weighted by molar-refractivity contribution is 7.09. The molecule has 2 heterocycles. The minimum absolute atomic E-state index is 0.00270. The van der Waals surface area contributed by atoms with E-state index in [4.69, 9.17) is 5.11 Å². The van der Waals surface area contributed by atoms with Gasteiger partial charge in [0, 0.05) is 29.4 Å². The van der Waals surface area contributed by atoms with Crippen LogP contribution in [-0.4, -0.2) is 40.2 Å². The number of aliphatic hydroxyl groups excluding tert-OH is 1. The Hall–Kier alpha value is -1.59. The Labute approximate surface area is 129 Å². The van der Waals surface area contributed by atoms with Crippen molar-refractivity contribution in [2.45, 2.75) is 27.3 Å². The number of aryl methyl sites for hydroxylation is 1. The van der Waals surface area contributed by atoms with E-state index in [9.17, 15) is 4.79 Å². The lowest BCUT2D eigenvalue weighted by molar-refractivity contribution is 0.0731. The summed E-state index contributed by atoms with van der Waals surface area (Å²) in [7, 11) is 0. The fourth-order valence-corrected chi connectivity index (χ4v) is 3.21. The first-order valence-electron chi connectivity index (χ1n) is 7.17. The SMILES string of the molecule is CCN(CCO)C(=O)c1cc(C)n(Cc2cccs2)c1C. The molecular formula is C16H22N2O2S. The van der Waals surface area contributed by atoms with Crippen molar-refractivity contribution in [3.8, 4) is 0 Å². The molecule has 2 aromatic heterocycles. The van der Waals surface area contributed by atoms with E-state index in [0.717, 1.165) is 23.5 Å². The molecule has 0 aliphatic rings. The first-order valence-corrected chi connectivity index (χ1v) is 8.05. The number of carbonyl (C=O) groups excluding carboxylic acids is 1. The molecule has 0 unspecified atom stereocenters. The van der Waals surface area contributed by atoms with Crippen LogP contribution in [0.25, 0.3) is 0 Å². The standard InChI is InChI=1S/C16H22N2O2S/c1-4-17(7-8-19)16(20)15-10-12(2)18(13(15)3)11-14-6-5-9-21-14/h5-6,9-10,19H,4,7-8,11H2,1-3H3. The zero-order valence-electron chi connectivity index (χ0n) is 12.8. The molecule has 5 heteroatoms. The zero-order chi connectivity index (χ0) is 15.4. The van der Waals surface area contributed by atoms with Crippen LogP contribution in [0.1, 0.15) is 33.5 Å². The number of rotatable bonds is 6. The van der Waals surface area contributed by atoms with Crippen molar-refractivity contribution in [3.05, 3.63) is 45.4 Å². The molecule has 4 nitrogen and oxygen atoms in total. The summed E-state index contributed by atoms with van der Waals surface area (Å²) in [5, 5.41) is 11.1. The highest BCUT2D eigenvalue weighted by atomic mass is 32.1. The van der Waals surface area contributed by atoms with Gasteiger partial charge in [0.2, 0.25) is 0 Å². The zero-order valence-corrected chi connectivity index (χ0v) is 13.6. The smallest absolute Gasteiger partial charge is 0.255 e. The molecule has 0 atom stereocenters. The molecule has 0 saturated carbocycles. The third-order valence-electron chi connectivity index (χ3n) is 3.74. The first kappa shape index (κ1) is 15.8. The highest BCUT2D eigenvalue weighted by Gasteiger charge is 2.20. The van der Waals surface area contributed by atoms with E-state index < -0.39 is 0 Å². The van der Waals surface area contributed by atoms with Gasteiger partial charge < -0.3 is 14.6 Å². The minimum atomic E-state index is -0.00643. The summed E-state index contributed by atoms with van der Waals surface area (Å²) in [4.78, 5) is 15.5. The summed E-state index contributed by atoms with van der Waals surface area (Å²) in [6.45, 7) is 7.72. The molecule has 2 aromatic rings. The van der Waals surface area contributed by atoms with Crippen LogP contribution in [0, 0.1) is 13.8 Å². The molecule has 0 bridgehead atoms. The topological polar surface area (TPSA) is 45.5 Å². The van der Waals surface area contributed by atoms with Gasteiger partial charge in [-0.25, -0.2) is 0 Å². The summed E-state index contributed by atoms with van der Waals surface area (Å²) in [6.07, 6.45) is 0. The van der Waals surface area contributed by atoms with Gasteiger partial charge in [-0.2, -0.15) is 0 Å². The molecule has 0 radical (unpaired) electrons. The fourth-order valence-electron chi connectivity index (χ4n) is 2.51. The molecule has 1 N–H and O–H groups in total. The summed E-state index contributed by atoms with van der Waals surface area (Å²) >= 11 is 1.72. The lowest BCUT2D eigenvalue weighted by Gasteiger charge is -2.19. The molecule has 1 amide bonds. The Kier molecular flexibility index (Phi) is 5.20. The van der Waals surface area contributed by atoms with Crippen LogP contribution >= 0.6 is 11.3 Å². The number of likely N-dealkylation sites (N-methyl/N-ethyl adjacent to an activating group) is 1. The Morgan fingerprint density at radius 3 is 2.76 bits per heavy atom. The summed E-state index contributed by atoms with van der Waals surface area (Å²) < 4.78 is 2.17. The normalized spacial score (nSPS) is 10.9. The van der Waals surface area contributed by atoms with E-state index in [2.05, 4.69) is 16.0 Å². The van der Waals surface area contributed by atoms with Crippen LogP contribution < -0.4 is 0 Å². The van der Waals surface area contributed by atoms with Gasteiger partial charge in [0.05, 0.1) is 18.7 Å². The lowest BCUT2D eigenvalue weighted by atomic mass is 10.2. The van der Waals surface area contributed by atoms with Gasteiger partial charge >= 0.3 is 0 Å². The number of aliphatic hydroxyl groups is 1. The van der Waals surface area contributed by atoms with Gasteiger partial charge in [-0.3, -0.25) is 4.79 Å². The predicted octanol–water partition coefficient (Wildman–Crippen LogP) is 2.67. The van der Waals surface area contributed by atoms with E-state index in [1.165, 1.54) is 4.88 Å². The third kappa shape index (κ3) is 3.36. The van der Waals surface area contributed by atoms with E-state index >= 15 is 0 Å². The monoisotopic (exact) mass is 306 g/mol. The third-order valence-corrected chi connectivity index (χ3v) is 4.60. The number of thiophene rings is 1. The maximum absolute atomic E-state index is 12.6. The van der Waals surface area contributed by atoms with Crippen LogP contribution in [0.15, 0.2) is 23.6 Å². The number of aromatic nitrogens is 1. The van der Waals surface area contributed by atoms with Crippen molar-refractivity contribution >= 4 is 17.2 Å². The van der Waals surface area contributed by atoms with Gasteiger partial charge in [0.15, 0.2) is 0 Å². The van der Waals surface area contributed by atoms with Gasteiger partial charge in [0.25, 0.3) is 5.91 Å². The molecule has 114 valence electrons. The van der Waals surface area contributed by atoms with Crippen molar-refractivity contribution in [2.24, 2.45) is 0 Å². The van der Waals surface area contributed by atoms with E-state index in [1.807, 2.05) is 32.9 Å². The largest absolute Gasteiger partial charge is 0.395 e. The molecule has 0 spiro atoms. The summed E-state index contributed by atoms with van der Waals surface area (Å²) in [5.41, 5.74) is 2.81. The van der Waals surface area contributed by atoms with E-state index in [-0.39, 0.29) is 12.5 Å².